The topological polar surface area (TPSA) is 59.1 Å². The fourth-order valence-corrected chi connectivity index (χ4v) is 2.75. The van der Waals surface area contributed by atoms with Crippen LogP contribution in [0.4, 0.5) is 11.6 Å². The number of anilines is 2. The molecule has 2 rings (SSSR count). The van der Waals surface area contributed by atoms with Crippen molar-refractivity contribution in [3.63, 3.8) is 0 Å². The van der Waals surface area contributed by atoms with Gasteiger partial charge in [0.05, 0.1) is 11.4 Å². The SMILES string of the molecule is CNc1ncnc(NCCc2ccc(Cl)s2)c1OC. The summed E-state index contributed by atoms with van der Waals surface area (Å²) in [5.74, 6) is 1.97. The van der Waals surface area contributed by atoms with Crippen molar-refractivity contribution < 1.29 is 4.74 Å². The van der Waals surface area contributed by atoms with Gasteiger partial charge in [-0.05, 0) is 18.6 Å². The van der Waals surface area contributed by atoms with E-state index in [1.54, 1.807) is 25.5 Å². The minimum Gasteiger partial charge on any atom is -0.490 e. The summed E-state index contributed by atoms with van der Waals surface area (Å²) < 4.78 is 6.12. The Morgan fingerprint density at radius 2 is 2.11 bits per heavy atom. The van der Waals surface area contributed by atoms with E-state index in [0.717, 1.165) is 17.3 Å². The van der Waals surface area contributed by atoms with Crippen LogP contribution in [0.1, 0.15) is 4.88 Å². The van der Waals surface area contributed by atoms with Gasteiger partial charge in [0, 0.05) is 18.5 Å². The van der Waals surface area contributed by atoms with Gasteiger partial charge in [-0.15, -0.1) is 11.3 Å². The zero-order valence-corrected chi connectivity index (χ0v) is 12.3. The lowest BCUT2D eigenvalue weighted by Gasteiger charge is -2.12. The van der Waals surface area contributed by atoms with Gasteiger partial charge in [-0.25, -0.2) is 9.97 Å². The van der Waals surface area contributed by atoms with E-state index in [0.29, 0.717) is 17.4 Å². The van der Waals surface area contributed by atoms with Crippen LogP contribution in [-0.2, 0) is 6.42 Å². The molecule has 2 N–H and O–H groups in total. The van der Waals surface area contributed by atoms with Crippen molar-refractivity contribution >= 4 is 34.6 Å². The maximum Gasteiger partial charge on any atom is 0.204 e. The lowest BCUT2D eigenvalue weighted by atomic mass is 10.3. The number of nitrogens with zero attached hydrogens (tertiary/aromatic N) is 2. The van der Waals surface area contributed by atoms with Crippen molar-refractivity contribution in [3.05, 3.63) is 27.7 Å². The molecule has 0 aliphatic rings. The third kappa shape index (κ3) is 3.48. The Labute approximate surface area is 121 Å². The van der Waals surface area contributed by atoms with Crippen LogP contribution in [0.3, 0.4) is 0 Å². The monoisotopic (exact) mass is 298 g/mol. The van der Waals surface area contributed by atoms with E-state index < -0.39 is 0 Å². The van der Waals surface area contributed by atoms with Crippen LogP contribution in [0.2, 0.25) is 4.34 Å². The van der Waals surface area contributed by atoms with Crippen LogP contribution in [0.25, 0.3) is 0 Å². The van der Waals surface area contributed by atoms with Gasteiger partial charge >= 0.3 is 0 Å². The molecule has 7 heteroatoms. The summed E-state index contributed by atoms with van der Waals surface area (Å²) in [6, 6.07) is 3.94. The van der Waals surface area contributed by atoms with Crippen LogP contribution >= 0.6 is 22.9 Å². The summed E-state index contributed by atoms with van der Waals surface area (Å²) in [5, 5.41) is 6.21. The molecule has 0 saturated heterocycles. The second-order valence-electron chi connectivity index (χ2n) is 3.74. The Hall–Kier alpha value is -1.53. The molecule has 2 heterocycles. The van der Waals surface area contributed by atoms with Crippen LogP contribution in [0.15, 0.2) is 18.5 Å². The molecule has 0 atom stereocenters. The number of halogens is 1. The van der Waals surface area contributed by atoms with Crippen molar-refractivity contribution in [1.29, 1.82) is 0 Å². The Morgan fingerprint density at radius 1 is 1.32 bits per heavy atom. The molecule has 0 aliphatic heterocycles. The summed E-state index contributed by atoms with van der Waals surface area (Å²) in [6.07, 6.45) is 2.39. The van der Waals surface area contributed by atoms with Gasteiger partial charge in [-0.3, -0.25) is 0 Å². The van der Waals surface area contributed by atoms with Crippen LogP contribution < -0.4 is 15.4 Å². The highest BCUT2D eigenvalue weighted by molar-refractivity contribution is 7.16. The van der Waals surface area contributed by atoms with Crippen LogP contribution in [-0.4, -0.2) is 30.7 Å². The summed E-state index contributed by atoms with van der Waals surface area (Å²) in [4.78, 5) is 9.52. The summed E-state index contributed by atoms with van der Waals surface area (Å²) >= 11 is 7.48. The number of hydrogen-bond donors (Lipinski definition) is 2. The molecule has 2 aromatic rings. The zero-order chi connectivity index (χ0) is 13.7. The van der Waals surface area contributed by atoms with E-state index >= 15 is 0 Å². The molecular formula is C12H15ClN4OS. The van der Waals surface area contributed by atoms with E-state index in [1.165, 1.54) is 11.2 Å². The van der Waals surface area contributed by atoms with Gasteiger partial charge < -0.3 is 15.4 Å². The second-order valence-corrected chi connectivity index (χ2v) is 5.54. The number of hydrogen-bond acceptors (Lipinski definition) is 6. The van der Waals surface area contributed by atoms with Gasteiger partial charge in [0.2, 0.25) is 5.75 Å². The number of rotatable bonds is 6. The average molecular weight is 299 g/mol. The van der Waals surface area contributed by atoms with E-state index in [1.807, 2.05) is 12.1 Å². The van der Waals surface area contributed by atoms with Crippen molar-refractivity contribution in [2.24, 2.45) is 0 Å². The van der Waals surface area contributed by atoms with Gasteiger partial charge in [-0.1, -0.05) is 11.6 Å². The molecule has 0 bridgehead atoms. The highest BCUT2D eigenvalue weighted by atomic mass is 35.5. The predicted octanol–water partition coefficient (Wildman–Crippen LogP) is 2.90. The number of thiophene rings is 1. The van der Waals surface area contributed by atoms with E-state index in [4.69, 9.17) is 16.3 Å². The van der Waals surface area contributed by atoms with E-state index in [2.05, 4.69) is 20.6 Å². The van der Waals surface area contributed by atoms with Gasteiger partial charge in [0.25, 0.3) is 0 Å². The highest BCUT2D eigenvalue weighted by Crippen LogP contribution is 2.28. The van der Waals surface area contributed by atoms with Crippen molar-refractivity contribution in [2.75, 3.05) is 31.3 Å². The molecule has 102 valence electrons. The third-order valence-corrected chi connectivity index (χ3v) is 3.83. The second kappa shape index (κ2) is 6.58. The molecule has 0 amide bonds. The van der Waals surface area contributed by atoms with Crippen molar-refractivity contribution in [1.82, 2.24) is 9.97 Å². The average Bonchev–Trinajstić information content (AvgIpc) is 2.84. The number of aromatic nitrogens is 2. The Balaban J connectivity index is 1.99. The number of ether oxygens (including phenoxy) is 1. The first-order chi connectivity index (χ1) is 9.24. The summed E-state index contributed by atoms with van der Waals surface area (Å²) in [7, 11) is 3.39. The predicted molar refractivity (Wildman–Crippen MR) is 79.7 cm³/mol. The maximum atomic E-state index is 5.89. The normalized spacial score (nSPS) is 10.3. The maximum absolute atomic E-state index is 5.89. The minimum atomic E-state index is 0.620. The fourth-order valence-electron chi connectivity index (χ4n) is 1.66. The van der Waals surface area contributed by atoms with E-state index in [9.17, 15) is 0 Å². The van der Waals surface area contributed by atoms with Crippen molar-refractivity contribution in [3.8, 4) is 5.75 Å². The molecule has 0 saturated carbocycles. The first-order valence-corrected chi connectivity index (χ1v) is 6.99. The van der Waals surface area contributed by atoms with E-state index in [-0.39, 0.29) is 0 Å². The fraction of sp³-hybridized carbons (Fsp3) is 0.333. The zero-order valence-electron chi connectivity index (χ0n) is 10.7. The molecule has 0 unspecified atom stereocenters. The minimum absolute atomic E-state index is 0.620. The summed E-state index contributed by atoms with van der Waals surface area (Å²) in [6.45, 7) is 0.757. The van der Waals surface area contributed by atoms with Crippen LogP contribution in [0.5, 0.6) is 5.75 Å². The quantitative estimate of drug-likeness (QED) is 0.859. The largest absolute Gasteiger partial charge is 0.490 e. The highest BCUT2D eigenvalue weighted by Gasteiger charge is 2.10. The molecule has 0 aliphatic carbocycles. The first kappa shape index (κ1) is 13.9. The Kier molecular flexibility index (Phi) is 4.81. The standard InChI is InChI=1S/C12H15ClN4OS/c1-14-11-10(18-2)12(17-7-16-11)15-6-5-8-3-4-9(13)19-8/h3-4,7H,5-6H2,1-2H3,(H2,14,15,16,17). The Bertz CT molecular complexity index is 546. The Morgan fingerprint density at radius 3 is 2.74 bits per heavy atom. The molecule has 0 spiro atoms. The lowest BCUT2D eigenvalue weighted by molar-refractivity contribution is 0.415. The van der Waals surface area contributed by atoms with Gasteiger partial charge in [0.15, 0.2) is 11.6 Å². The lowest BCUT2D eigenvalue weighted by Crippen LogP contribution is -2.09. The first-order valence-electron chi connectivity index (χ1n) is 5.79. The number of methoxy groups -OCH3 is 1. The smallest absolute Gasteiger partial charge is 0.204 e. The van der Waals surface area contributed by atoms with Gasteiger partial charge in [0.1, 0.15) is 6.33 Å². The molecule has 19 heavy (non-hydrogen) atoms. The molecule has 0 fully saturated rings. The molecule has 2 aromatic heterocycles. The van der Waals surface area contributed by atoms with Crippen molar-refractivity contribution in [2.45, 2.75) is 6.42 Å². The molecule has 0 aromatic carbocycles. The number of nitrogens with one attached hydrogen (secondary N) is 2. The molecule has 5 nitrogen and oxygen atoms in total. The molecule has 0 radical (unpaired) electrons. The molecular weight excluding hydrogens is 284 g/mol. The third-order valence-electron chi connectivity index (χ3n) is 2.54. The van der Waals surface area contributed by atoms with Gasteiger partial charge in [-0.2, -0.15) is 0 Å². The van der Waals surface area contributed by atoms with Crippen LogP contribution in [0, 0.1) is 0 Å². The summed E-state index contributed by atoms with van der Waals surface area (Å²) in [5.41, 5.74) is 0.